The van der Waals surface area contributed by atoms with Gasteiger partial charge < -0.3 is 19.7 Å². The van der Waals surface area contributed by atoms with Crippen LogP contribution < -0.4 is 0 Å². The van der Waals surface area contributed by atoms with E-state index in [-0.39, 0.29) is 6.42 Å². The molecule has 0 spiro atoms. The fourth-order valence-electron chi connectivity index (χ4n) is 4.56. The van der Waals surface area contributed by atoms with Crippen molar-refractivity contribution in [1.82, 2.24) is 0 Å². The van der Waals surface area contributed by atoms with Crippen molar-refractivity contribution in [2.24, 2.45) is 0 Å². The van der Waals surface area contributed by atoms with Gasteiger partial charge in [0, 0.05) is 6.42 Å². The molecule has 0 aromatic rings. The van der Waals surface area contributed by atoms with Crippen LogP contribution in [0.5, 0.6) is 0 Å². The number of aliphatic hydroxyl groups is 2. The number of unbranched alkanes of at least 4 members (excludes halogenated alkanes) is 18. The van der Waals surface area contributed by atoms with Gasteiger partial charge in [0.25, 0.3) is 5.78 Å². The van der Waals surface area contributed by atoms with Crippen molar-refractivity contribution < 1.29 is 34.1 Å². The van der Waals surface area contributed by atoms with E-state index in [4.69, 9.17) is 14.6 Å². The maximum atomic E-state index is 12.0. The monoisotopic (exact) mass is 498 g/mol. The maximum absolute atomic E-state index is 12.0. The highest BCUT2D eigenvalue weighted by molar-refractivity contribution is 6.37. The molecule has 1 aliphatic rings. The SMILES string of the molecule is CCCCCCCCCCCCCCCCCCCCCC(=O)OC1C(=O)C(=O)O[C@@H]1[C@@H](O)CO. The molecular formula is C28H50O7. The molecule has 1 aliphatic heterocycles. The molecule has 1 fully saturated rings. The fraction of sp³-hybridized carbons (Fsp3) is 0.893. The van der Waals surface area contributed by atoms with E-state index in [0.717, 1.165) is 19.3 Å². The first-order valence-corrected chi connectivity index (χ1v) is 14.2. The average Bonchev–Trinajstić information content (AvgIpc) is 3.13. The number of ketones is 1. The Morgan fingerprint density at radius 1 is 0.771 bits per heavy atom. The van der Waals surface area contributed by atoms with Crippen LogP contribution in [0.4, 0.5) is 0 Å². The summed E-state index contributed by atoms with van der Waals surface area (Å²) in [5.74, 6) is -2.74. The Kier molecular flexibility index (Phi) is 18.7. The van der Waals surface area contributed by atoms with E-state index in [1.165, 1.54) is 96.3 Å². The van der Waals surface area contributed by atoms with Crippen LogP contribution in [0.15, 0.2) is 0 Å². The number of ether oxygens (including phenoxy) is 2. The number of aliphatic hydroxyl groups excluding tert-OH is 2. The van der Waals surface area contributed by atoms with Crippen LogP contribution in [0, 0.1) is 0 Å². The van der Waals surface area contributed by atoms with E-state index in [9.17, 15) is 19.5 Å². The van der Waals surface area contributed by atoms with Gasteiger partial charge in [-0.25, -0.2) is 4.79 Å². The number of cyclic esters (lactones) is 1. The summed E-state index contributed by atoms with van der Waals surface area (Å²) < 4.78 is 9.77. The second-order valence-corrected chi connectivity index (χ2v) is 10.0. The fourth-order valence-corrected chi connectivity index (χ4v) is 4.56. The average molecular weight is 499 g/mol. The summed E-state index contributed by atoms with van der Waals surface area (Å²) in [6.45, 7) is 1.57. The number of hydrogen-bond donors (Lipinski definition) is 2. The molecule has 0 amide bonds. The van der Waals surface area contributed by atoms with Gasteiger partial charge in [0.1, 0.15) is 6.10 Å². The molecule has 1 unspecified atom stereocenters. The third-order valence-corrected chi connectivity index (χ3v) is 6.81. The van der Waals surface area contributed by atoms with Gasteiger partial charge in [0.05, 0.1) is 6.61 Å². The van der Waals surface area contributed by atoms with E-state index in [1.54, 1.807) is 0 Å². The molecule has 0 aromatic heterocycles. The van der Waals surface area contributed by atoms with Gasteiger partial charge in [-0.1, -0.05) is 122 Å². The lowest BCUT2D eigenvalue weighted by molar-refractivity contribution is -0.160. The zero-order chi connectivity index (χ0) is 25.7. The molecule has 0 radical (unpaired) electrons. The highest BCUT2D eigenvalue weighted by Crippen LogP contribution is 2.20. The zero-order valence-electron chi connectivity index (χ0n) is 22.0. The number of hydrogen-bond acceptors (Lipinski definition) is 7. The van der Waals surface area contributed by atoms with Crippen LogP contribution in [0.2, 0.25) is 0 Å². The molecule has 0 bridgehead atoms. The Labute approximate surface area is 212 Å². The summed E-state index contributed by atoms with van der Waals surface area (Å²) >= 11 is 0. The van der Waals surface area contributed by atoms with E-state index in [0.29, 0.717) is 6.42 Å². The Hall–Kier alpha value is -1.47. The molecule has 2 N–H and O–H groups in total. The minimum Gasteiger partial charge on any atom is -0.450 e. The van der Waals surface area contributed by atoms with Crippen LogP contribution in [0.25, 0.3) is 0 Å². The van der Waals surface area contributed by atoms with Gasteiger partial charge in [0.15, 0.2) is 6.10 Å². The largest absolute Gasteiger partial charge is 0.450 e. The van der Waals surface area contributed by atoms with Crippen molar-refractivity contribution in [2.45, 2.75) is 154 Å². The molecule has 1 saturated heterocycles. The van der Waals surface area contributed by atoms with Crippen LogP contribution >= 0.6 is 0 Å². The molecule has 1 rings (SSSR count). The predicted molar refractivity (Wildman–Crippen MR) is 136 cm³/mol. The smallest absolute Gasteiger partial charge is 0.379 e. The number of Topliss-reactive ketones (excluding diaryl/α,β-unsaturated/α-hetero) is 1. The predicted octanol–water partition coefficient (Wildman–Crippen LogP) is 5.57. The molecule has 35 heavy (non-hydrogen) atoms. The minimum atomic E-state index is -1.47. The quantitative estimate of drug-likeness (QED) is 0.108. The molecular weight excluding hydrogens is 448 g/mol. The first kappa shape index (κ1) is 31.6. The summed E-state index contributed by atoms with van der Waals surface area (Å²) in [6.07, 6.45) is 20.1. The number of rotatable bonds is 23. The standard InChI is InChI=1S/C28H50O7/c1-2-3-4-5-6-7-8-9-10-11-12-13-14-15-16-17-18-19-20-21-24(31)34-27-25(32)28(33)35-26(27)23(30)22-29/h23,26-27,29-30H,2-22H2,1H3/t23-,26+,27?/m0/s1. The first-order valence-electron chi connectivity index (χ1n) is 14.2. The van der Waals surface area contributed by atoms with E-state index in [2.05, 4.69) is 6.92 Å². The zero-order valence-corrected chi connectivity index (χ0v) is 22.0. The van der Waals surface area contributed by atoms with Crippen molar-refractivity contribution in [3.8, 4) is 0 Å². The van der Waals surface area contributed by atoms with Gasteiger partial charge in [-0.05, 0) is 6.42 Å². The van der Waals surface area contributed by atoms with Crippen molar-refractivity contribution >= 4 is 17.7 Å². The molecule has 0 aromatic carbocycles. The summed E-state index contributed by atoms with van der Waals surface area (Å²) in [4.78, 5) is 35.2. The Balaban J connectivity index is 1.89. The molecule has 1 heterocycles. The Morgan fingerprint density at radius 2 is 1.17 bits per heavy atom. The third kappa shape index (κ3) is 14.6. The summed E-state index contributed by atoms with van der Waals surface area (Å²) in [6, 6.07) is 0. The van der Waals surface area contributed by atoms with Gasteiger partial charge in [0.2, 0.25) is 6.10 Å². The van der Waals surface area contributed by atoms with Gasteiger partial charge in [-0.2, -0.15) is 0 Å². The summed E-state index contributed by atoms with van der Waals surface area (Å²) in [5.41, 5.74) is 0. The lowest BCUT2D eigenvalue weighted by Crippen LogP contribution is -2.41. The van der Waals surface area contributed by atoms with Crippen LogP contribution in [0.3, 0.4) is 0 Å². The lowest BCUT2D eigenvalue weighted by atomic mass is 10.0. The minimum absolute atomic E-state index is 0.152. The lowest BCUT2D eigenvalue weighted by Gasteiger charge is -2.20. The van der Waals surface area contributed by atoms with E-state index in [1.807, 2.05) is 0 Å². The van der Waals surface area contributed by atoms with Gasteiger partial charge in [-0.15, -0.1) is 0 Å². The van der Waals surface area contributed by atoms with E-state index < -0.39 is 42.6 Å². The molecule has 3 atom stereocenters. The Bertz CT molecular complexity index is 578. The van der Waals surface area contributed by atoms with Crippen molar-refractivity contribution in [1.29, 1.82) is 0 Å². The molecule has 204 valence electrons. The first-order chi connectivity index (χ1) is 17.0. The Morgan fingerprint density at radius 3 is 1.57 bits per heavy atom. The summed E-state index contributed by atoms with van der Waals surface area (Å²) in [7, 11) is 0. The number of carbonyl (C=O) groups is 3. The van der Waals surface area contributed by atoms with Crippen LogP contribution in [0.1, 0.15) is 135 Å². The maximum Gasteiger partial charge on any atom is 0.379 e. The topological polar surface area (TPSA) is 110 Å². The normalized spacial score (nSPS) is 18.6. The number of esters is 2. The van der Waals surface area contributed by atoms with Crippen LogP contribution in [-0.4, -0.2) is 52.9 Å². The highest BCUT2D eigenvalue weighted by Gasteiger charge is 2.49. The van der Waals surface area contributed by atoms with Gasteiger partial charge >= 0.3 is 11.9 Å². The second-order valence-electron chi connectivity index (χ2n) is 10.0. The molecule has 7 heteroatoms. The molecule has 0 saturated carbocycles. The number of carbonyl (C=O) groups excluding carboxylic acids is 3. The summed E-state index contributed by atoms with van der Waals surface area (Å²) in [5, 5.41) is 18.7. The molecule has 7 nitrogen and oxygen atoms in total. The van der Waals surface area contributed by atoms with E-state index >= 15 is 0 Å². The highest BCUT2D eigenvalue weighted by atomic mass is 16.6. The van der Waals surface area contributed by atoms with Crippen molar-refractivity contribution in [3.63, 3.8) is 0 Å². The van der Waals surface area contributed by atoms with Gasteiger partial charge in [-0.3, -0.25) is 9.59 Å². The third-order valence-electron chi connectivity index (χ3n) is 6.81. The molecule has 0 aliphatic carbocycles. The van der Waals surface area contributed by atoms with Crippen molar-refractivity contribution in [3.05, 3.63) is 0 Å². The van der Waals surface area contributed by atoms with Crippen molar-refractivity contribution in [2.75, 3.05) is 6.61 Å². The second kappa shape index (κ2) is 20.7. The van der Waals surface area contributed by atoms with Crippen LogP contribution in [-0.2, 0) is 23.9 Å².